The summed E-state index contributed by atoms with van der Waals surface area (Å²) in [7, 11) is 1.71. The van der Waals surface area contributed by atoms with Crippen LogP contribution in [0.2, 0.25) is 10.0 Å². The van der Waals surface area contributed by atoms with Gasteiger partial charge in [0.05, 0.1) is 5.41 Å². The van der Waals surface area contributed by atoms with Crippen LogP contribution in [0, 0.1) is 5.41 Å². The number of rotatable bonds is 8. The summed E-state index contributed by atoms with van der Waals surface area (Å²) in [4.78, 5) is 16.2. The molecule has 5 nitrogen and oxygen atoms in total. The Bertz CT molecular complexity index is 603. The van der Waals surface area contributed by atoms with Gasteiger partial charge in [0.1, 0.15) is 0 Å². The molecular formula is C18H28Cl2N4O. The molecule has 0 saturated carbocycles. The van der Waals surface area contributed by atoms with E-state index in [9.17, 15) is 4.79 Å². The van der Waals surface area contributed by atoms with Gasteiger partial charge in [-0.15, -0.1) is 0 Å². The monoisotopic (exact) mass is 386 g/mol. The first kappa shape index (κ1) is 21.6. The van der Waals surface area contributed by atoms with Crippen LogP contribution in [0.1, 0.15) is 32.8 Å². The third kappa shape index (κ3) is 7.53. The Kier molecular flexibility index (Phi) is 9.08. The highest BCUT2D eigenvalue weighted by Crippen LogP contribution is 2.21. The molecule has 0 unspecified atom stereocenters. The summed E-state index contributed by atoms with van der Waals surface area (Å²) >= 11 is 12.1. The lowest BCUT2D eigenvalue weighted by Crippen LogP contribution is -2.48. The van der Waals surface area contributed by atoms with Gasteiger partial charge in [0.2, 0.25) is 5.91 Å². The number of benzene rings is 1. The van der Waals surface area contributed by atoms with Crippen molar-refractivity contribution in [3.63, 3.8) is 0 Å². The molecule has 0 radical (unpaired) electrons. The van der Waals surface area contributed by atoms with Gasteiger partial charge in [0.25, 0.3) is 0 Å². The minimum absolute atomic E-state index is 0.0235. The van der Waals surface area contributed by atoms with Crippen LogP contribution in [-0.2, 0) is 11.2 Å². The minimum Gasteiger partial charge on any atom is -0.356 e. The number of carbonyl (C=O) groups excluding carboxylic acids is 1. The van der Waals surface area contributed by atoms with Crippen molar-refractivity contribution >= 4 is 35.1 Å². The minimum atomic E-state index is -0.509. The fourth-order valence-electron chi connectivity index (χ4n) is 2.22. The number of amides is 1. The fourth-order valence-corrected chi connectivity index (χ4v) is 2.72. The lowest BCUT2D eigenvalue weighted by molar-refractivity contribution is -0.128. The van der Waals surface area contributed by atoms with Crippen molar-refractivity contribution in [2.45, 2.75) is 33.6 Å². The number of nitrogens with zero attached hydrogens (tertiary/aromatic N) is 1. The molecule has 7 heteroatoms. The van der Waals surface area contributed by atoms with Gasteiger partial charge in [0.15, 0.2) is 5.96 Å². The van der Waals surface area contributed by atoms with Crippen LogP contribution < -0.4 is 16.0 Å². The summed E-state index contributed by atoms with van der Waals surface area (Å²) < 4.78 is 0. The molecule has 3 N–H and O–H groups in total. The molecule has 0 aliphatic carbocycles. The van der Waals surface area contributed by atoms with Crippen molar-refractivity contribution in [1.82, 2.24) is 16.0 Å². The van der Waals surface area contributed by atoms with E-state index in [1.165, 1.54) is 0 Å². The lowest BCUT2D eigenvalue weighted by Gasteiger charge is -2.24. The van der Waals surface area contributed by atoms with Crippen LogP contribution in [-0.4, -0.2) is 38.5 Å². The quantitative estimate of drug-likeness (QED) is 0.365. The van der Waals surface area contributed by atoms with Crippen molar-refractivity contribution < 1.29 is 4.79 Å². The predicted molar refractivity (Wildman–Crippen MR) is 107 cm³/mol. The van der Waals surface area contributed by atoms with E-state index in [2.05, 4.69) is 20.9 Å². The molecule has 0 aliphatic heterocycles. The van der Waals surface area contributed by atoms with E-state index in [-0.39, 0.29) is 5.91 Å². The van der Waals surface area contributed by atoms with Crippen molar-refractivity contribution in [2.75, 3.05) is 26.7 Å². The number of hydrogen-bond donors (Lipinski definition) is 3. The topological polar surface area (TPSA) is 65.5 Å². The molecule has 0 aliphatic rings. The third-order valence-corrected chi connectivity index (χ3v) is 4.39. The van der Waals surface area contributed by atoms with Crippen LogP contribution in [0.3, 0.4) is 0 Å². The first-order valence-electron chi connectivity index (χ1n) is 8.47. The molecule has 0 aromatic heterocycles. The highest BCUT2D eigenvalue weighted by atomic mass is 35.5. The molecule has 140 valence electrons. The number of aliphatic imine (C=N–C) groups is 1. The van der Waals surface area contributed by atoms with Crippen LogP contribution in [0.4, 0.5) is 0 Å². The molecule has 0 heterocycles. The number of aryl methyl sites for hydroxylation is 1. The van der Waals surface area contributed by atoms with Crippen LogP contribution in [0.15, 0.2) is 23.2 Å². The average Bonchev–Trinajstić information content (AvgIpc) is 2.56. The summed E-state index contributed by atoms with van der Waals surface area (Å²) in [5, 5.41) is 10.6. The molecule has 1 amide bonds. The maximum atomic E-state index is 12.0. The van der Waals surface area contributed by atoms with Gasteiger partial charge in [-0.2, -0.15) is 0 Å². The van der Waals surface area contributed by atoms with Crippen molar-refractivity contribution in [2.24, 2.45) is 10.4 Å². The normalized spacial score (nSPS) is 12.0. The average molecular weight is 387 g/mol. The van der Waals surface area contributed by atoms with Crippen molar-refractivity contribution in [3.8, 4) is 0 Å². The summed E-state index contributed by atoms with van der Waals surface area (Å²) in [5.74, 6) is 0.704. The zero-order chi connectivity index (χ0) is 18.9. The number of nitrogens with one attached hydrogen (secondary N) is 3. The molecular weight excluding hydrogens is 359 g/mol. The second-order valence-corrected chi connectivity index (χ2v) is 7.28. The van der Waals surface area contributed by atoms with Crippen molar-refractivity contribution in [3.05, 3.63) is 33.8 Å². The fraction of sp³-hybridized carbons (Fsp3) is 0.556. The smallest absolute Gasteiger partial charge is 0.227 e. The highest BCUT2D eigenvalue weighted by Gasteiger charge is 2.27. The van der Waals surface area contributed by atoms with E-state index in [0.29, 0.717) is 29.1 Å². The van der Waals surface area contributed by atoms with E-state index in [0.717, 1.165) is 24.9 Å². The third-order valence-electron chi connectivity index (χ3n) is 3.80. The van der Waals surface area contributed by atoms with E-state index in [1.54, 1.807) is 13.1 Å². The molecule has 0 atom stereocenters. The molecule has 1 aromatic rings. The van der Waals surface area contributed by atoms with E-state index < -0.39 is 5.41 Å². The second-order valence-electron chi connectivity index (χ2n) is 6.44. The Balaban J connectivity index is 2.38. The van der Waals surface area contributed by atoms with Crippen molar-refractivity contribution in [1.29, 1.82) is 0 Å². The Morgan fingerprint density at radius 3 is 2.52 bits per heavy atom. The maximum absolute atomic E-state index is 12.0. The highest BCUT2D eigenvalue weighted by molar-refractivity contribution is 6.35. The molecule has 0 spiro atoms. The number of halogens is 2. The zero-order valence-corrected chi connectivity index (χ0v) is 16.9. The molecule has 1 aromatic carbocycles. The summed E-state index contributed by atoms with van der Waals surface area (Å²) in [5.41, 5.74) is 0.568. The standard InChI is InChI=1S/C18H28Cl2N4O/c1-5-22-16(25)18(2,3)12-24-17(21-4)23-10-6-7-13-8-9-14(19)11-15(13)20/h8-9,11H,5-7,10,12H2,1-4H3,(H,22,25)(H2,21,23,24). The Labute approximate surface area is 160 Å². The summed E-state index contributed by atoms with van der Waals surface area (Å²) in [6.45, 7) is 7.60. The molecule has 0 fully saturated rings. The Morgan fingerprint density at radius 2 is 1.92 bits per heavy atom. The van der Waals surface area contributed by atoms with Gasteiger partial charge < -0.3 is 16.0 Å². The van der Waals surface area contributed by atoms with E-state index in [4.69, 9.17) is 23.2 Å². The lowest BCUT2D eigenvalue weighted by atomic mass is 9.92. The largest absolute Gasteiger partial charge is 0.356 e. The SMILES string of the molecule is CCNC(=O)C(C)(C)CNC(=NC)NCCCc1ccc(Cl)cc1Cl. The summed E-state index contributed by atoms with van der Waals surface area (Å²) in [6.07, 6.45) is 1.76. The number of carbonyl (C=O) groups is 1. The maximum Gasteiger partial charge on any atom is 0.227 e. The van der Waals surface area contributed by atoms with Gasteiger partial charge in [-0.05, 0) is 51.3 Å². The first-order valence-corrected chi connectivity index (χ1v) is 9.22. The number of hydrogen-bond acceptors (Lipinski definition) is 2. The van der Waals surface area contributed by atoms with Gasteiger partial charge in [-0.1, -0.05) is 29.3 Å². The number of guanidine groups is 1. The summed E-state index contributed by atoms with van der Waals surface area (Å²) in [6, 6.07) is 5.56. The van der Waals surface area contributed by atoms with Gasteiger partial charge >= 0.3 is 0 Å². The predicted octanol–water partition coefficient (Wildman–Crippen LogP) is 3.25. The second kappa shape index (κ2) is 10.5. The van der Waals surface area contributed by atoms with Crippen LogP contribution >= 0.6 is 23.2 Å². The van der Waals surface area contributed by atoms with E-state index >= 15 is 0 Å². The van der Waals surface area contributed by atoms with Gasteiger partial charge in [-0.3, -0.25) is 9.79 Å². The van der Waals surface area contributed by atoms with E-state index in [1.807, 2.05) is 32.9 Å². The Hall–Kier alpha value is -1.46. The molecule has 1 rings (SSSR count). The molecule has 0 bridgehead atoms. The zero-order valence-electron chi connectivity index (χ0n) is 15.4. The first-order chi connectivity index (χ1) is 11.8. The Morgan fingerprint density at radius 1 is 1.20 bits per heavy atom. The van der Waals surface area contributed by atoms with Crippen LogP contribution in [0.5, 0.6) is 0 Å². The van der Waals surface area contributed by atoms with Crippen LogP contribution in [0.25, 0.3) is 0 Å². The van der Waals surface area contributed by atoms with Gasteiger partial charge in [-0.25, -0.2) is 0 Å². The van der Waals surface area contributed by atoms with Gasteiger partial charge in [0, 0.05) is 36.7 Å². The molecule has 25 heavy (non-hydrogen) atoms. The molecule has 0 saturated heterocycles.